The summed E-state index contributed by atoms with van der Waals surface area (Å²) in [4.78, 5) is 0. The Bertz CT molecular complexity index is 6620. The van der Waals surface area contributed by atoms with Gasteiger partial charge in [-0.25, -0.2) is 0 Å². The lowest BCUT2D eigenvalue weighted by Crippen LogP contribution is -2.15. The Morgan fingerprint density at radius 2 is 0.490 bits per heavy atom. The maximum Gasteiger partial charge on any atom is 0.0165 e. The molecule has 0 nitrogen and oxygen atoms in total. The van der Waals surface area contributed by atoms with Gasteiger partial charge in [-0.2, -0.15) is 0 Å². The lowest BCUT2D eigenvalue weighted by atomic mass is 9.80. The van der Waals surface area contributed by atoms with E-state index in [4.69, 9.17) is 0 Å². The molecule has 2 aliphatic carbocycles. The summed E-state index contributed by atoms with van der Waals surface area (Å²) in [6.07, 6.45) is 0. The van der Waals surface area contributed by atoms with Gasteiger partial charge in [-0.05, 0) is 239 Å². The molecule has 0 atom stereocenters. The van der Waals surface area contributed by atoms with Crippen LogP contribution in [0.15, 0.2) is 352 Å². The normalized spacial score (nSPS) is 13.3. The van der Waals surface area contributed by atoms with Crippen LogP contribution in [0.3, 0.4) is 0 Å². The van der Waals surface area contributed by atoms with Gasteiger partial charge in [0.25, 0.3) is 0 Å². The lowest BCUT2D eigenvalue weighted by molar-refractivity contribution is 0.666. The van der Waals surface area contributed by atoms with Crippen molar-refractivity contribution in [3.63, 3.8) is 0 Å². The highest BCUT2D eigenvalue weighted by molar-refractivity contribution is 6.24. The third kappa shape index (κ3) is 9.15. The summed E-state index contributed by atoms with van der Waals surface area (Å²) in [6, 6.07) is 131. The zero-order valence-corrected chi connectivity index (χ0v) is 57.5. The van der Waals surface area contributed by atoms with Crippen LogP contribution in [0.2, 0.25) is 0 Å². The van der Waals surface area contributed by atoms with Crippen LogP contribution < -0.4 is 0 Å². The van der Waals surface area contributed by atoms with Gasteiger partial charge in [0.15, 0.2) is 0 Å². The zero-order chi connectivity index (χ0) is 68.0. The molecule has 0 fully saturated rings. The fourth-order valence-electron chi connectivity index (χ4n) is 18.4. The molecule has 0 heteroatoms. The molecule has 0 aromatic heterocycles. The van der Waals surface area contributed by atoms with E-state index in [2.05, 4.69) is 380 Å². The third-order valence-electron chi connectivity index (χ3n) is 23.0. The summed E-state index contributed by atoms with van der Waals surface area (Å²) in [5.41, 5.74) is 26.1. The monoisotopic (exact) mass is 1290 g/mol. The second kappa shape index (κ2) is 23.0. The maximum absolute atomic E-state index is 2.47. The Morgan fingerprint density at radius 3 is 0.971 bits per heavy atom. The van der Waals surface area contributed by atoms with Gasteiger partial charge in [0.2, 0.25) is 0 Å². The van der Waals surface area contributed by atoms with Crippen LogP contribution in [0.4, 0.5) is 0 Å². The molecule has 0 N–H and O–H groups in total. The topological polar surface area (TPSA) is 0 Å². The molecule has 0 aliphatic heterocycles. The standard InChI is InChI=1S/C53H36.C49H34/c1-53(2)49-29-27-37(32-48(49)46-28-26-33-14-3-6-19-39(33)52(46)53)51-44-24-11-9-22-42(44)50(43-23-10-12-25-45(43)51)36-17-13-16-34(30-36)47-31-35-15-4-5-18-38(35)40-20-7-8-21-41(40)47;1-49(2)45-28-26-37(30-44(45)43-27-25-33-12-5-6-14-38(33)48(43)49)47-41-17-9-7-15-39(41)46(40-16-8-10-18-42(40)47)34-22-19-32(20-23-34)36-24-21-31-11-3-4-13-35(31)29-36/h3-32H,1-2H3;3-30H,1-2H3. The Hall–Kier alpha value is -12.5. The highest BCUT2D eigenvalue weighted by Gasteiger charge is 2.39. The first kappa shape index (κ1) is 59.6. The minimum Gasteiger partial charge on any atom is -0.0616 e. The number of fused-ring (bicyclic) bond motifs is 18. The number of hydrogen-bond acceptors (Lipinski definition) is 0. The van der Waals surface area contributed by atoms with Crippen LogP contribution in [0, 0.1) is 0 Å². The average molecular weight is 1300 g/mol. The smallest absolute Gasteiger partial charge is 0.0165 e. The minimum absolute atomic E-state index is 0.0724. The summed E-state index contributed by atoms with van der Waals surface area (Å²) in [5, 5.41) is 23.2. The van der Waals surface area contributed by atoms with Gasteiger partial charge in [-0.3, -0.25) is 0 Å². The summed E-state index contributed by atoms with van der Waals surface area (Å²) in [7, 11) is 0. The van der Waals surface area contributed by atoms with E-state index in [0.29, 0.717) is 0 Å². The molecule has 19 aromatic carbocycles. The van der Waals surface area contributed by atoms with Crippen molar-refractivity contribution in [2.24, 2.45) is 0 Å². The average Bonchev–Trinajstić information content (AvgIpc) is 1.28. The first-order valence-corrected chi connectivity index (χ1v) is 36.0. The molecule has 0 bridgehead atoms. The molecule has 0 saturated heterocycles. The second-order valence-corrected chi connectivity index (χ2v) is 29.3. The molecule has 102 heavy (non-hydrogen) atoms. The lowest BCUT2D eigenvalue weighted by Gasteiger charge is -2.23. The Morgan fingerprint density at radius 1 is 0.157 bits per heavy atom. The quantitative estimate of drug-likeness (QED) is 0.115. The van der Waals surface area contributed by atoms with Crippen molar-refractivity contribution in [3.8, 4) is 89.0 Å². The van der Waals surface area contributed by atoms with E-state index in [0.717, 1.165) is 0 Å². The van der Waals surface area contributed by atoms with E-state index in [1.807, 2.05) is 0 Å². The molecular formula is C102H70. The summed E-state index contributed by atoms with van der Waals surface area (Å²) in [5.74, 6) is 0. The molecule has 0 unspecified atom stereocenters. The molecule has 0 heterocycles. The van der Waals surface area contributed by atoms with Crippen molar-refractivity contribution in [1.29, 1.82) is 0 Å². The molecule has 0 spiro atoms. The van der Waals surface area contributed by atoms with Gasteiger partial charge >= 0.3 is 0 Å². The zero-order valence-electron chi connectivity index (χ0n) is 57.5. The van der Waals surface area contributed by atoms with Gasteiger partial charge in [0.05, 0.1) is 0 Å². The third-order valence-corrected chi connectivity index (χ3v) is 23.0. The largest absolute Gasteiger partial charge is 0.0616 e. The molecular weight excluding hydrogens is 1230 g/mol. The maximum atomic E-state index is 2.47. The second-order valence-electron chi connectivity index (χ2n) is 29.3. The van der Waals surface area contributed by atoms with E-state index in [1.54, 1.807) is 0 Å². The van der Waals surface area contributed by atoms with Gasteiger partial charge in [-0.1, -0.05) is 349 Å². The van der Waals surface area contributed by atoms with Crippen molar-refractivity contribution in [2.45, 2.75) is 38.5 Å². The summed E-state index contributed by atoms with van der Waals surface area (Å²) >= 11 is 0. The van der Waals surface area contributed by atoms with E-state index in [1.165, 1.54) is 208 Å². The number of benzene rings is 19. The van der Waals surface area contributed by atoms with Crippen LogP contribution in [-0.4, -0.2) is 0 Å². The van der Waals surface area contributed by atoms with E-state index in [9.17, 15) is 0 Å². The van der Waals surface area contributed by atoms with Crippen molar-refractivity contribution in [3.05, 3.63) is 374 Å². The van der Waals surface area contributed by atoms with Gasteiger partial charge in [-0.15, -0.1) is 0 Å². The summed E-state index contributed by atoms with van der Waals surface area (Å²) in [6.45, 7) is 9.54. The van der Waals surface area contributed by atoms with Crippen LogP contribution in [0.1, 0.15) is 49.9 Å². The van der Waals surface area contributed by atoms with Crippen molar-refractivity contribution in [2.75, 3.05) is 0 Å². The minimum atomic E-state index is -0.0839. The fraction of sp³-hybridized carbons (Fsp3) is 0.0588. The summed E-state index contributed by atoms with van der Waals surface area (Å²) < 4.78 is 0. The highest BCUT2D eigenvalue weighted by Crippen LogP contribution is 2.56. The molecule has 21 rings (SSSR count). The fourth-order valence-corrected chi connectivity index (χ4v) is 18.4. The molecule has 0 radical (unpaired) electrons. The van der Waals surface area contributed by atoms with Crippen LogP contribution in [-0.2, 0) is 10.8 Å². The number of hydrogen-bond donors (Lipinski definition) is 0. The Kier molecular flexibility index (Phi) is 13.5. The first-order chi connectivity index (χ1) is 50.1. The predicted molar refractivity (Wildman–Crippen MR) is 438 cm³/mol. The SMILES string of the molecule is CC1(C)c2ccc(-c3c4ccccc4c(-c4ccc(-c5ccc6ccccc6c5)cc4)c4ccccc34)cc2-c2ccc3ccccc3c21.CC1(C)c2ccc(-c3c4ccccc4c(-c4cccc(-c5cc6ccccc6c6ccccc56)c4)c4ccccc34)cc2-c2ccc3ccccc3c21. The van der Waals surface area contributed by atoms with Crippen LogP contribution >= 0.6 is 0 Å². The molecule has 2 aliphatic rings. The predicted octanol–water partition coefficient (Wildman–Crippen LogP) is 28.4. The van der Waals surface area contributed by atoms with Crippen molar-refractivity contribution < 1.29 is 0 Å². The van der Waals surface area contributed by atoms with Gasteiger partial charge in [0, 0.05) is 10.8 Å². The molecule has 478 valence electrons. The Labute approximate surface area is 594 Å². The van der Waals surface area contributed by atoms with E-state index in [-0.39, 0.29) is 10.8 Å². The van der Waals surface area contributed by atoms with E-state index < -0.39 is 0 Å². The molecule has 0 saturated carbocycles. The molecule has 19 aromatic rings. The first-order valence-electron chi connectivity index (χ1n) is 36.0. The number of rotatable bonds is 6. The molecule has 0 amide bonds. The Balaban J connectivity index is 0.000000137. The van der Waals surface area contributed by atoms with Crippen molar-refractivity contribution >= 4 is 97.0 Å². The van der Waals surface area contributed by atoms with Gasteiger partial charge in [0.1, 0.15) is 0 Å². The van der Waals surface area contributed by atoms with Crippen molar-refractivity contribution in [1.82, 2.24) is 0 Å². The van der Waals surface area contributed by atoms with Crippen LogP contribution in [0.25, 0.3) is 186 Å². The van der Waals surface area contributed by atoms with E-state index >= 15 is 0 Å². The van der Waals surface area contributed by atoms with Gasteiger partial charge < -0.3 is 0 Å². The van der Waals surface area contributed by atoms with Crippen LogP contribution in [0.5, 0.6) is 0 Å². The highest BCUT2D eigenvalue weighted by atomic mass is 14.4.